The summed E-state index contributed by atoms with van der Waals surface area (Å²) in [6.45, 7) is 3.85. The molecule has 0 unspecified atom stereocenters. The van der Waals surface area contributed by atoms with Crippen LogP contribution in [0.1, 0.15) is 31.1 Å². The molecule has 2 aromatic carbocycles. The number of carbonyl (C=O) groups excluding carboxylic acids is 1. The third-order valence-corrected chi connectivity index (χ3v) is 7.49. The standard InChI is InChI=1S/C28H31N3OS2/c1-2-3-18-31-27(23-14-8-5-9-15-23)26(22-12-6-4-7-13-22)30-28(31)34-20-11-17-29-25(32)21-24-16-10-19-33-24/h4-10,12-16,19H,2-3,11,17-18,20-21H2,1H3,(H,29,32). The number of thiophene rings is 1. The SMILES string of the molecule is CCCCn1c(SCCCNC(=O)Cc2cccs2)nc(-c2ccccc2)c1-c1ccccc1. The highest BCUT2D eigenvalue weighted by molar-refractivity contribution is 7.99. The molecule has 0 bridgehead atoms. The van der Waals surface area contributed by atoms with E-state index in [-0.39, 0.29) is 5.91 Å². The molecule has 0 saturated carbocycles. The van der Waals surface area contributed by atoms with Crippen LogP contribution >= 0.6 is 23.1 Å². The zero-order chi connectivity index (χ0) is 23.6. The summed E-state index contributed by atoms with van der Waals surface area (Å²) < 4.78 is 2.39. The summed E-state index contributed by atoms with van der Waals surface area (Å²) in [5.74, 6) is 1.000. The van der Waals surface area contributed by atoms with Gasteiger partial charge in [0.1, 0.15) is 0 Å². The number of hydrogen-bond acceptors (Lipinski definition) is 4. The van der Waals surface area contributed by atoms with E-state index in [4.69, 9.17) is 4.98 Å². The minimum Gasteiger partial charge on any atom is -0.356 e. The summed E-state index contributed by atoms with van der Waals surface area (Å²) in [5, 5.41) is 6.11. The van der Waals surface area contributed by atoms with Crippen LogP contribution in [0.15, 0.2) is 83.3 Å². The number of carbonyl (C=O) groups is 1. The van der Waals surface area contributed by atoms with Crippen molar-refractivity contribution >= 4 is 29.0 Å². The first-order valence-corrected chi connectivity index (χ1v) is 13.8. The van der Waals surface area contributed by atoms with Gasteiger partial charge in [-0.2, -0.15) is 0 Å². The molecule has 4 aromatic rings. The van der Waals surface area contributed by atoms with Crippen molar-refractivity contribution in [3.63, 3.8) is 0 Å². The Hall–Kier alpha value is -2.83. The molecule has 0 saturated heterocycles. The summed E-state index contributed by atoms with van der Waals surface area (Å²) >= 11 is 3.41. The molecule has 1 N–H and O–H groups in total. The van der Waals surface area contributed by atoms with Crippen molar-refractivity contribution in [3.8, 4) is 22.5 Å². The lowest BCUT2D eigenvalue weighted by Crippen LogP contribution is -2.26. The molecule has 176 valence electrons. The molecular formula is C28H31N3OS2. The van der Waals surface area contributed by atoms with E-state index in [1.54, 1.807) is 23.1 Å². The van der Waals surface area contributed by atoms with Gasteiger partial charge >= 0.3 is 0 Å². The molecule has 0 aliphatic carbocycles. The number of benzene rings is 2. The van der Waals surface area contributed by atoms with Gasteiger partial charge in [-0.05, 0) is 24.3 Å². The van der Waals surface area contributed by atoms with E-state index >= 15 is 0 Å². The number of nitrogens with zero attached hydrogens (tertiary/aromatic N) is 2. The van der Waals surface area contributed by atoms with Gasteiger partial charge in [-0.25, -0.2) is 4.98 Å². The highest BCUT2D eigenvalue weighted by Crippen LogP contribution is 2.36. The largest absolute Gasteiger partial charge is 0.356 e. The quantitative estimate of drug-likeness (QED) is 0.174. The van der Waals surface area contributed by atoms with Crippen LogP contribution in [0.5, 0.6) is 0 Å². The molecule has 34 heavy (non-hydrogen) atoms. The highest BCUT2D eigenvalue weighted by Gasteiger charge is 2.20. The molecule has 6 heteroatoms. The van der Waals surface area contributed by atoms with Gasteiger partial charge in [-0.15, -0.1) is 11.3 Å². The van der Waals surface area contributed by atoms with Crippen molar-refractivity contribution in [2.45, 2.75) is 44.3 Å². The van der Waals surface area contributed by atoms with Crippen LogP contribution in [0, 0.1) is 0 Å². The molecule has 1 amide bonds. The van der Waals surface area contributed by atoms with Crippen LogP contribution in [0.25, 0.3) is 22.5 Å². The molecular weight excluding hydrogens is 458 g/mol. The fraction of sp³-hybridized carbons (Fsp3) is 0.286. The number of nitrogens with one attached hydrogen (secondary N) is 1. The molecule has 0 aliphatic heterocycles. The van der Waals surface area contributed by atoms with Gasteiger partial charge in [-0.3, -0.25) is 4.79 Å². The van der Waals surface area contributed by atoms with Gasteiger partial charge in [-0.1, -0.05) is 91.8 Å². The van der Waals surface area contributed by atoms with E-state index in [0.29, 0.717) is 13.0 Å². The smallest absolute Gasteiger partial charge is 0.225 e. The third kappa shape index (κ3) is 6.39. The second-order valence-electron chi connectivity index (χ2n) is 8.14. The monoisotopic (exact) mass is 489 g/mol. The minimum atomic E-state index is 0.0922. The summed E-state index contributed by atoms with van der Waals surface area (Å²) in [6, 6.07) is 25.0. The zero-order valence-corrected chi connectivity index (χ0v) is 21.2. The van der Waals surface area contributed by atoms with E-state index in [1.807, 2.05) is 23.6 Å². The number of hydrogen-bond donors (Lipinski definition) is 1. The topological polar surface area (TPSA) is 46.9 Å². The first-order valence-electron chi connectivity index (χ1n) is 11.9. The van der Waals surface area contributed by atoms with Crippen LogP contribution < -0.4 is 5.32 Å². The average molecular weight is 490 g/mol. The molecule has 2 heterocycles. The van der Waals surface area contributed by atoms with E-state index in [2.05, 4.69) is 71.4 Å². The molecule has 0 atom stereocenters. The summed E-state index contributed by atoms with van der Waals surface area (Å²) in [4.78, 5) is 18.4. The van der Waals surface area contributed by atoms with E-state index in [9.17, 15) is 4.79 Å². The molecule has 0 spiro atoms. The minimum absolute atomic E-state index is 0.0922. The Morgan fingerprint density at radius 3 is 2.38 bits per heavy atom. The van der Waals surface area contributed by atoms with Crippen LogP contribution in [0.4, 0.5) is 0 Å². The second kappa shape index (κ2) is 12.6. The van der Waals surface area contributed by atoms with E-state index < -0.39 is 0 Å². The van der Waals surface area contributed by atoms with Crippen LogP contribution in [-0.2, 0) is 17.8 Å². The number of amides is 1. The maximum Gasteiger partial charge on any atom is 0.225 e. The van der Waals surface area contributed by atoms with E-state index in [0.717, 1.165) is 52.9 Å². The maximum atomic E-state index is 12.1. The third-order valence-electron chi connectivity index (χ3n) is 5.55. The molecule has 4 nitrogen and oxygen atoms in total. The predicted molar refractivity (Wildman–Crippen MR) is 144 cm³/mol. The second-order valence-corrected chi connectivity index (χ2v) is 10.2. The Labute approximate surface area is 210 Å². The average Bonchev–Trinajstić information content (AvgIpc) is 3.51. The fourth-order valence-corrected chi connectivity index (χ4v) is 5.52. The predicted octanol–water partition coefficient (Wildman–Crippen LogP) is 6.92. The molecule has 2 aromatic heterocycles. The lowest BCUT2D eigenvalue weighted by atomic mass is 10.0. The zero-order valence-electron chi connectivity index (χ0n) is 19.6. The first-order chi connectivity index (χ1) is 16.8. The van der Waals surface area contributed by atoms with Crippen LogP contribution in [0.3, 0.4) is 0 Å². The van der Waals surface area contributed by atoms with Gasteiger partial charge in [0, 0.05) is 34.8 Å². The molecule has 0 radical (unpaired) electrons. The lowest BCUT2D eigenvalue weighted by molar-refractivity contribution is -0.120. The van der Waals surface area contributed by atoms with Crippen molar-refractivity contribution in [3.05, 3.63) is 83.1 Å². The van der Waals surface area contributed by atoms with Gasteiger partial charge in [0.05, 0.1) is 17.8 Å². The fourth-order valence-electron chi connectivity index (χ4n) is 3.85. The van der Waals surface area contributed by atoms with Crippen molar-refractivity contribution in [1.82, 2.24) is 14.9 Å². The lowest BCUT2D eigenvalue weighted by Gasteiger charge is -2.13. The summed E-state index contributed by atoms with van der Waals surface area (Å²) in [5.41, 5.74) is 4.55. The Kier molecular flexibility index (Phi) is 8.99. The van der Waals surface area contributed by atoms with Gasteiger partial charge in [0.25, 0.3) is 0 Å². The van der Waals surface area contributed by atoms with Gasteiger partial charge in [0.15, 0.2) is 5.16 Å². The highest BCUT2D eigenvalue weighted by atomic mass is 32.2. The van der Waals surface area contributed by atoms with Crippen molar-refractivity contribution in [2.75, 3.05) is 12.3 Å². The van der Waals surface area contributed by atoms with Crippen molar-refractivity contribution in [1.29, 1.82) is 0 Å². The number of aromatic nitrogens is 2. The summed E-state index contributed by atoms with van der Waals surface area (Å²) in [6.07, 6.45) is 3.61. The number of imidazole rings is 1. The number of thioether (sulfide) groups is 1. The van der Waals surface area contributed by atoms with Crippen molar-refractivity contribution < 1.29 is 4.79 Å². The maximum absolute atomic E-state index is 12.1. The first kappa shape index (κ1) is 24.3. The Morgan fingerprint density at radius 1 is 0.971 bits per heavy atom. The van der Waals surface area contributed by atoms with E-state index in [1.165, 1.54) is 11.3 Å². The number of unbranched alkanes of at least 4 members (excludes halogenated alkanes) is 1. The van der Waals surface area contributed by atoms with Crippen LogP contribution in [0.2, 0.25) is 0 Å². The molecule has 4 rings (SSSR count). The Balaban J connectivity index is 1.48. The number of rotatable bonds is 12. The van der Waals surface area contributed by atoms with Crippen molar-refractivity contribution in [2.24, 2.45) is 0 Å². The van der Waals surface area contributed by atoms with Gasteiger partial charge < -0.3 is 9.88 Å². The van der Waals surface area contributed by atoms with Gasteiger partial charge in [0.2, 0.25) is 5.91 Å². The summed E-state index contributed by atoms with van der Waals surface area (Å²) in [7, 11) is 0. The molecule has 0 aliphatic rings. The Bertz CT molecular complexity index is 1160. The normalized spacial score (nSPS) is 11.0. The molecule has 0 fully saturated rings. The van der Waals surface area contributed by atoms with Crippen LogP contribution in [-0.4, -0.2) is 27.8 Å². The Morgan fingerprint density at radius 2 is 1.71 bits per heavy atom.